The van der Waals surface area contributed by atoms with Crippen LogP contribution in [-0.2, 0) is 10.8 Å². The summed E-state index contributed by atoms with van der Waals surface area (Å²) in [5, 5.41) is 10.6. The Balaban J connectivity index is 3.49. The first kappa shape index (κ1) is 16.1. The lowest BCUT2D eigenvalue weighted by molar-refractivity contribution is 0.219. The SMILES string of the molecule is Cc1c(C(C)(C)C)ccc(C(C)(C)C(C)(C)C)c1O. The molecule has 108 valence electrons. The number of phenolic OH excluding ortho intramolecular Hbond substituents is 1. The van der Waals surface area contributed by atoms with E-state index in [-0.39, 0.29) is 16.2 Å². The molecule has 0 atom stereocenters. The molecule has 0 aliphatic heterocycles. The molecule has 0 aliphatic carbocycles. The number of aromatic hydroxyl groups is 1. The van der Waals surface area contributed by atoms with E-state index in [1.807, 2.05) is 6.92 Å². The van der Waals surface area contributed by atoms with Crippen LogP contribution < -0.4 is 0 Å². The van der Waals surface area contributed by atoms with Crippen LogP contribution in [0.15, 0.2) is 12.1 Å². The summed E-state index contributed by atoms with van der Waals surface area (Å²) >= 11 is 0. The lowest BCUT2D eigenvalue weighted by Gasteiger charge is -2.40. The number of hydrogen-bond acceptors (Lipinski definition) is 1. The third-order valence-corrected chi connectivity index (χ3v) is 4.79. The maximum absolute atomic E-state index is 10.6. The van der Waals surface area contributed by atoms with E-state index in [4.69, 9.17) is 0 Å². The van der Waals surface area contributed by atoms with Crippen molar-refractivity contribution in [2.75, 3.05) is 0 Å². The monoisotopic (exact) mass is 262 g/mol. The highest BCUT2D eigenvalue weighted by molar-refractivity contribution is 5.50. The number of hydrogen-bond donors (Lipinski definition) is 1. The van der Waals surface area contributed by atoms with Gasteiger partial charge in [0, 0.05) is 5.56 Å². The third-order valence-electron chi connectivity index (χ3n) is 4.79. The second kappa shape index (κ2) is 4.54. The fourth-order valence-electron chi connectivity index (χ4n) is 2.42. The van der Waals surface area contributed by atoms with Gasteiger partial charge in [0.15, 0.2) is 0 Å². The van der Waals surface area contributed by atoms with Gasteiger partial charge in [0.05, 0.1) is 0 Å². The highest BCUT2D eigenvalue weighted by atomic mass is 16.3. The number of phenols is 1. The Morgan fingerprint density at radius 3 is 1.58 bits per heavy atom. The molecule has 1 N–H and O–H groups in total. The molecule has 1 rings (SSSR count). The fourth-order valence-corrected chi connectivity index (χ4v) is 2.42. The maximum Gasteiger partial charge on any atom is 0.122 e. The summed E-state index contributed by atoms with van der Waals surface area (Å²) in [5.74, 6) is 0.465. The predicted molar refractivity (Wildman–Crippen MR) is 84.0 cm³/mol. The average Bonchev–Trinajstić information content (AvgIpc) is 2.17. The molecule has 0 amide bonds. The first-order chi connectivity index (χ1) is 8.30. The van der Waals surface area contributed by atoms with Crippen LogP contribution in [-0.4, -0.2) is 5.11 Å². The van der Waals surface area contributed by atoms with E-state index in [2.05, 4.69) is 67.5 Å². The van der Waals surface area contributed by atoms with Crippen LogP contribution in [0.5, 0.6) is 5.75 Å². The van der Waals surface area contributed by atoms with Crippen molar-refractivity contribution < 1.29 is 5.11 Å². The minimum Gasteiger partial charge on any atom is -0.507 e. The molecule has 0 bridgehead atoms. The van der Waals surface area contributed by atoms with Crippen LogP contribution in [0.25, 0.3) is 0 Å². The first-order valence-electron chi connectivity index (χ1n) is 7.13. The summed E-state index contributed by atoms with van der Waals surface area (Å²) in [7, 11) is 0. The van der Waals surface area contributed by atoms with Gasteiger partial charge in [-0.2, -0.15) is 0 Å². The zero-order chi connectivity index (χ0) is 15.2. The van der Waals surface area contributed by atoms with E-state index in [9.17, 15) is 5.11 Å². The quantitative estimate of drug-likeness (QED) is 0.726. The number of benzene rings is 1. The van der Waals surface area contributed by atoms with Crippen molar-refractivity contribution in [2.45, 2.75) is 73.1 Å². The van der Waals surface area contributed by atoms with Gasteiger partial charge in [-0.05, 0) is 34.3 Å². The van der Waals surface area contributed by atoms with Crippen LogP contribution >= 0.6 is 0 Å². The molecule has 0 radical (unpaired) electrons. The largest absolute Gasteiger partial charge is 0.507 e. The molecular weight excluding hydrogens is 232 g/mol. The molecule has 0 heterocycles. The smallest absolute Gasteiger partial charge is 0.122 e. The molecule has 0 spiro atoms. The van der Waals surface area contributed by atoms with Crippen molar-refractivity contribution in [3.8, 4) is 5.75 Å². The summed E-state index contributed by atoms with van der Waals surface area (Å²) in [5.41, 5.74) is 3.37. The molecule has 1 heteroatoms. The van der Waals surface area contributed by atoms with Crippen molar-refractivity contribution in [3.63, 3.8) is 0 Å². The van der Waals surface area contributed by atoms with E-state index in [1.165, 1.54) is 5.56 Å². The van der Waals surface area contributed by atoms with Gasteiger partial charge in [0.1, 0.15) is 5.75 Å². The molecule has 1 aromatic rings. The molecule has 0 aliphatic rings. The molecule has 1 aromatic carbocycles. The maximum atomic E-state index is 10.6. The highest BCUT2D eigenvalue weighted by Gasteiger charge is 2.37. The predicted octanol–water partition coefficient (Wildman–Crippen LogP) is 5.32. The van der Waals surface area contributed by atoms with Crippen molar-refractivity contribution in [1.29, 1.82) is 0 Å². The van der Waals surface area contributed by atoms with Gasteiger partial charge < -0.3 is 5.11 Å². The minimum atomic E-state index is -0.0712. The molecule has 1 nitrogen and oxygen atoms in total. The van der Waals surface area contributed by atoms with Crippen molar-refractivity contribution >= 4 is 0 Å². The summed E-state index contributed by atoms with van der Waals surface area (Å²) < 4.78 is 0. The second-order valence-electron chi connectivity index (χ2n) is 8.26. The first-order valence-corrected chi connectivity index (χ1v) is 7.13. The molecule has 19 heavy (non-hydrogen) atoms. The molecule has 0 saturated heterocycles. The van der Waals surface area contributed by atoms with Crippen molar-refractivity contribution in [2.24, 2.45) is 5.41 Å². The van der Waals surface area contributed by atoms with E-state index in [0.29, 0.717) is 5.75 Å². The Morgan fingerprint density at radius 1 is 0.789 bits per heavy atom. The molecule has 0 fully saturated rings. The van der Waals surface area contributed by atoms with E-state index in [0.717, 1.165) is 11.1 Å². The van der Waals surface area contributed by atoms with E-state index >= 15 is 0 Å². The fraction of sp³-hybridized carbons (Fsp3) is 0.667. The van der Waals surface area contributed by atoms with E-state index < -0.39 is 0 Å². The zero-order valence-corrected chi connectivity index (χ0v) is 14.1. The normalized spacial score (nSPS) is 13.7. The second-order valence-corrected chi connectivity index (χ2v) is 8.26. The van der Waals surface area contributed by atoms with E-state index in [1.54, 1.807) is 0 Å². The van der Waals surface area contributed by atoms with Gasteiger partial charge in [-0.3, -0.25) is 0 Å². The lowest BCUT2D eigenvalue weighted by Crippen LogP contribution is -2.34. The van der Waals surface area contributed by atoms with Gasteiger partial charge in [0.25, 0.3) is 0 Å². The van der Waals surface area contributed by atoms with Crippen LogP contribution in [0.4, 0.5) is 0 Å². The topological polar surface area (TPSA) is 20.2 Å². The third kappa shape index (κ3) is 2.80. The zero-order valence-electron chi connectivity index (χ0n) is 14.1. The van der Waals surface area contributed by atoms with Crippen LogP contribution in [0.2, 0.25) is 0 Å². The Hall–Kier alpha value is -0.980. The van der Waals surface area contributed by atoms with Crippen molar-refractivity contribution in [1.82, 2.24) is 0 Å². The molecular formula is C18H30O. The Kier molecular flexibility index (Phi) is 3.84. The molecule has 0 aromatic heterocycles. The summed E-state index contributed by atoms with van der Waals surface area (Å²) in [6.07, 6.45) is 0. The van der Waals surface area contributed by atoms with Crippen LogP contribution in [0, 0.1) is 12.3 Å². The minimum absolute atomic E-state index is 0.0615. The Bertz CT molecular complexity index is 468. The van der Waals surface area contributed by atoms with Gasteiger partial charge in [-0.25, -0.2) is 0 Å². The summed E-state index contributed by atoms with van der Waals surface area (Å²) in [6, 6.07) is 4.28. The highest BCUT2D eigenvalue weighted by Crippen LogP contribution is 2.46. The van der Waals surface area contributed by atoms with Gasteiger partial charge >= 0.3 is 0 Å². The Labute approximate surface area is 119 Å². The lowest BCUT2D eigenvalue weighted by atomic mass is 9.64. The average molecular weight is 262 g/mol. The van der Waals surface area contributed by atoms with Crippen LogP contribution in [0.3, 0.4) is 0 Å². The van der Waals surface area contributed by atoms with Crippen LogP contribution in [0.1, 0.15) is 72.1 Å². The molecule has 0 unspecified atom stereocenters. The van der Waals surface area contributed by atoms with Gasteiger partial charge in [0.2, 0.25) is 0 Å². The summed E-state index contributed by atoms with van der Waals surface area (Å²) in [6.45, 7) is 19.7. The molecule has 0 saturated carbocycles. The van der Waals surface area contributed by atoms with Gasteiger partial charge in [-0.1, -0.05) is 67.5 Å². The summed E-state index contributed by atoms with van der Waals surface area (Å²) in [4.78, 5) is 0. The Morgan fingerprint density at radius 2 is 1.21 bits per heavy atom. The standard InChI is InChI=1S/C18H30O/c1-12-13(16(2,3)4)10-11-14(15(12)19)18(8,9)17(5,6)7/h10-11,19H,1-9H3. The number of rotatable bonds is 1. The van der Waals surface area contributed by atoms with Gasteiger partial charge in [-0.15, -0.1) is 0 Å². The van der Waals surface area contributed by atoms with Crippen molar-refractivity contribution in [3.05, 3.63) is 28.8 Å².